The number of nitrogens with zero attached hydrogens (tertiary/aromatic N) is 2. The van der Waals surface area contributed by atoms with Gasteiger partial charge in [0.2, 0.25) is 0 Å². The Bertz CT molecular complexity index is 3510. The summed E-state index contributed by atoms with van der Waals surface area (Å²) in [7, 11) is 0. The Morgan fingerprint density at radius 2 is 0.914 bits per heavy atom. The van der Waals surface area contributed by atoms with Gasteiger partial charge in [-0.05, 0) is 118 Å². The Labute approximate surface area is 337 Å². The smallest absolute Gasteiger partial charge is 0.145 e. The molecule has 3 heterocycles. The monoisotopic (exact) mass is 746 g/mol. The first-order valence-electron chi connectivity index (χ1n) is 20.7. The molecule has 0 spiro atoms. The van der Waals surface area contributed by atoms with Gasteiger partial charge in [0.05, 0.1) is 32.8 Å². The maximum atomic E-state index is 7.26. The second kappa shape index (κ2) is 12.1. The number of aryl methyl sites for hydroxylation is 2. The molecule has 0 bridgehead atoms. The summed E-state index contributed by atoms with van der Waals surface area (Å²) in [6.07, 6.45) is 1.96. The quantitative estimate of drug-likeness (QED) is 0.172. The zero-order valence-electron chi connectivity index (χ0n) is 33.2. The first-order chi connectivity index (χ1) is 28.5. The Morgan fingerprint density at radius 3 is 1.55 bits per heavy atom. The van der Waals surface area contributed by atoms with Crippen LogP contribution < -0.4 is 0 Å². The van der Waals surface area contributed by atoms with Crippen molar-refractivity contribution in [2.75, 3.05) is 0 Å². The number of aromatic nitrogens is 2. The minimum atomic E-state index is -0.0854. The third-order valence-corrected chi connectivity index (χ3v) is 13.3. The van der Waals surface area contributed by atoms with E-state index in [1.807, 2.05) is 0 Å². The van der Waals surface area contributed by atoms with Crippen LogP contribution in [0.1, 0.15) is 49.9 Å². The van der Waals surface area contributed by atoms with Crippen molar-refractivity contribution >= 4 is 65.6 Å². The molecule has 0 saturated carbocycles. The number of benzene rings is 8. The van der Waals surface area contributed by atoms with Crippen LogP contribution in [0.2, 0.25) is 0 Å². The predicted molar refractivity (Wildman–Crippen MR) is 244 cm³/mol. The minimum Gasteiger partial charge on any atom is -0.455 e. The second-order valence-corrected chi connectivity index (χ2v) is 16.6. The maximum absolute atomic E-state index is 7.26. The molecule has 11 aromatic rings. The van der Waals surface area contributed by atoms with Gasteiger partial charge in [0, 0.05) is 38.3 Å². The highest BCUT2D eigenvalue weighted by molar-refractivity contribution is 6.29. The van der Waals surface area contributed by atoms with Crippen molar-refractivity contribution in [1.82, 2.24) is 9.13 Å². The van der Waals surface area contributed by atoms with Crippen LogP contribution in [0.5, 0.6) is 0 Å². The summed E-state index contributed by atoms with van der Waals surface area (Å²) >= 11 is 0. The van der Waals surface area contributed by atoms with E-state index in [9.17, 15) is 0 Å². The van der Waals surface area contributed by atoms with Crippen molar-refractivity contribution in [2.45, 2.75) is 46.0 Å². The van der Waals surface area contributed by atoms with E-state index >= 15 is 0 Å². The van der Waals surface area contributed by atoms with E-state index in [4.69, 9.17) is 4.42 Å². The molecule has 8 aromatic carbocycles. The number of fused-ring (bicyclic) bond motifs is 14. The third-order valence-electron chi connectivity index (χ3n) is 13.3. The zero-order chi connectivity index (χ0) is 38.9. The van der Waals surface area contributed by atoms with Crippen LogP contribution in [0.25, 0.3) is 99.2 Å². The third kappa shape index (κ3) is 4.39. The fourth-order valence-corrected chi connectivity index (χ4v) is 10.5. The fraction of sp³-hybridized carbons (Fsp3) is 0.127. The molecule has 0 radical (unpaired) electrons. The Hall–Kier alpha value is -6.84. The SMILES string of the molecule is CCc1ccccc1-c1ccc(-n2c3ccccc3c3c4oc5c(ccc6c5c5ccccc5n6-c5ccc6c(c5)C(C)(C)c5ccccc5-6)c4ccc32)cc1CC. The lowest BCUT2D eigenvalue weighted by Gasteiger charge is -2.22. The van der Waals surface area contributed by atoms with Gasteiger partial charge in [-0.3, -0.25) is 0 Å². The van der Waals surface area contributed by atoms with Gasteiger partial charge >= 0.3 is 0 Å². The first kappa shape index (κ1) is 33.3. The molecule has 58 heavy (non-hydrogen) atoms. The predicted octanol–water partition coefficient (Wildman–Crippen LogP) is 14.9. The Morgan fingerprint density at radius 1 is 0.414 bits per heavy atom. The van der Waals surface area contributed by atoms with Gasteiger partial charge < -0.3 is 13.6 Å². The molecule has 278 valence electrons. The highest BCUT2D eigenvalue weighted by Crippen LogP contribution is 2.50. The lowest BCUT2D eigenvalue weighted by Crippen LogP contribution is -2.15. The molecule has 3 heteroatoms. The Kier molecular flexibility index (Phi) is 6.94. The van der Waals surface area contributed by atoms with E-state index in [2.05, 4.69) is 195 Å². The van der Waals surface area contributed by atoms with E-state index < -0.39 is 0 Å². The second-order valence-electron chi connectivity index (χ2n) is 16.6. The molecule has 0 atom stereocenters. The van der Waals surface area contributed by atoms with Crippen LogP contribution in [-0.4, -0.2) is 9.13 Å². The molecule has 0 unspecified atom stereocenters. The molecule has 0 aliphatic heterocycles. The summed E-state index contributed by atoms with van der Waals surface area (Å²) in [6, 6.07) is 58.5. The van der Waals surface area contributed by atoms with Gasteiger partial charge in [-0.15, -0.1) is 0 Å². The van der Waals surface area contributed by atoms with Gasteiger partial charge in [0.1, 0.15) is 11.2 Å². The minimum absolute atomic E-state index is 0.0854. The molecular weight excluding hydrogens is 705 g/mol. The molecule has 0 fully saturated rings. The van der Waals surface area contributed by atoms with Crippen LogP contribution in [-0.2, 0) is 18.3 Å². The maximum Gasteiger partial charge on any atom is 0.145 e. The van der Waals surface area contributed by atoms with E-state index in [1.54, 1.807) is 0 Å². The number of para-hydroxylation sites is 2. The summed E-state index contributed by atoms with van der Waals surface area (Å²) in [4.78, 5) is 0. The van der Waals surface area contributed by atoms with Crippen molar-refractivity contribution in [3.63, 3.8) is 0 Å². The standard InChI is InChI=1S/C55H42N2O/c1-5-33-15-7-8-16-37(33)38-25-23-35(31-34(38)6-2)56-47-21-13-10-18-43(47)51-49(56)29-27-41-42-28-30-50-52(54(42)58-53(41)51)44-19-11-14-22-48(44)57(50)36-24-26-40-39-17-9-12-20-45(39)55(3,4)46(40)32-36/h7-32H,5-6H2,1-4H3. The summed E-state index contributed by atoms with van der Waals surface area (Å²) in [6.45, 7) is 9.22. The molecule has 0 saturated heterocycles. The lowest BCUT2D eigenvalue weighted by molar-refractivity contribution is 0.660. The number of rotatable bonds is 5. The van der Waals surface area contributed by atoms with Crippen LogP contribution in [0.4, 0.5) is 0 Å². The van der Waals surface area contributed by atoms with Crippen LogP contribution in [0.3, 0.4) is 0 Å². The number of furan rings is 1. The van der Waals surface area contributed by atoms with E-state index in [1.165, 1.54) is 77.7 Å². The average molecular weight is 747 g/mol. The lowest BCUT2D eigenvalue weighted by atomic mass is 9.82. The summed E-state index contributed by atoms with van der Waals surface area (Å²) in [5.41, 5.74) is 19.6. The molecule has 0 amide bonds. The average Bonchev–Trinajstić information content (AvgIpc) is 3.98. The van der Waals surface area contributed by atoms with E-state index in [0.29, 0.717) is 0 Å². The van der Waals surface area contributed by atoms with Gasteiger partial charge in [-0.1, -0.05) is 125 Å². The molecule has 3 nitrogen and oxygen atoms in total. The fourth-order valence-electron chi connectivity index (χ4n) is 10.5. The summed E-state index contributed by atoms with van der Waals surface area (Å²) in [5.74, 6) is 0. The van der Waals surface area contributed by atoms with Gasteiger partial charge in [-0.25, -0.2) is 0 Å². The highest BCUT2D eigenvalue weighted by atomic mass is 16.3. The highest BCUT2D eigenvalue weighted by Gasteiger charge is 2.35. The van der Waals surface area contributed by atoms with Crippen LogP contribution in [0, 0.1) is 0 Å². The number of hydrogen-bond donors (Lipinski definition) is 0. The van der Waals surface area contributed by atoms with Gasteiger partial charge in [0.15, 0.2) is 0 Å². The van der Waals surface area contributed by atoms with Crippen molar-refractivity contribution in [2.24, 2.45) is 0 Å². The van der Waals surface area contributed by atoms with Crippen molar-refractivity contribution < 1.29 is 4.42 Å². The van der Waals surface area contributed by atoms with E-state index in [0.717, 1.165) is 56.6 Å². The molecule has 1 aliphatic rings. The molecule has 0 N–H and O–H groups in total. The van der Waals surface area contributed by atoms with Crippen LogP contribution in [0.15, 0.2) is 162 Å². The van der Waals surface area contributed by atoms with Crippen molar-refractivity contribution in [3.8, 4) is 33.6 Å². The Balaban J connectivity index is 1.09. The topological polar surface area (TPSA) is 23.0 Å². The van der Waals surface area contributed by atoms with Crippen molar-refractivity contribution in [3.05, 3.63) is 180 Å². The van der Waals surface area contributed by atoms with Gasteiger partial charge in [-0.2, -0.15) is 0 Å². The first-order valence-corrected chi connectivity index (χ1v) is 20.7. The molecular formula is C55H42N2O. The zero-order valence-corrected chi connectivity index (χ0v) is 33.2. The molecule has 12 rings (SSSR count). The summed E-state index contributed by atoms with van der Waals surface area (Å²) < 4.78 is 12.1. The van der Waals surface area contributed by atoms with Crippen LogP contribution >= 0.6 is 0 Å². The molecule has 1 aliphatic carbocycles. The molecule has 3 aromatic heterocycles. The van der Waals surface area contributed by atoms with E-state index in [-0.39, 0.29) is 5.41 Å². The normalized spacial score (nSPS) is 13.4. The summed E-state index contributed by atoms with van der Waals surface area (Å²) in [5, 5.41) is 6.98. The van der Waals surface area contributed by atoms with Crippen molar-refractivity contribution in [1.29, 1.82) is 0 Å². The van der Waals surface area contributed by atoms with Gasteiger partial charge in [0.25, 0.3) is 0 Å². The number of hydrogen-bond acceptors (Lipinski definition) is 1. The largest absolute Gasteiger partial charge is 0.455 e.